The molecule has 0 spiro atoms. The summed E-state index contributed by atoms with van der Waals surface area (Å²) in [5.74, 6) is -0.551. The second-order valence-electron chi connectivity index (χ2n) is 5.73. The number of carbonyl (C=O) groups excluding carboxylic acids is 1. The molecule has 0 aromatic heterocycles. The van der Waals surface area contributed by atoms with Gasteiger partial charge in [-0.3, -0.25) is 19.2 Å². The van der Waals surface area contributed by atoms with Gasteiger partial charge in [0.1, 0.15) is 6.04 Å². The van der Waals surface area contributed by atoms with E-state index in [2.05, 4.69) is 5.32 Å². The highest BCUT2D eigenvalue weighted by atomic mass is 32.2. The molecule has 0 saturated heterocycles. The third kappa shape index (κ3) is 5.20. The van der Waals surface area contributed by atoms with Crippen molar-refractivity contribution in [3.05, 3.63) is 58.6 Å². The van der Waals surface area contributed by atoms with E-state index < -0.39 is 26.9 Å². The van der Waals surface area contributed by atoms with Crippen molar-refractivity contribution < 1.29 is 18.1 Å². The number of amides is 1. The van der Waals surface area contributed by atoms with Crippen molar-refractivity contribution in [2.24, 2.45) is 0 Å². The normalized spacial score (nSPS) is 12.3. The molecule has 0 fully saturated rings. The van der Waals surface area contributed by atoms with Gasteiger partial charge in [-0.15, -0.1) is 11.8 Å². The molecule has 1 atom stereocenters. The Hall–Kier alpha value is -2.59. The third-order valence-electron chi connectivity index (χ3n) is 3.72. The fraction of sp³-hybridized carbons (Fsp3) is 0.235. The molecule has 0 aliphatic carbocycles. The van der Waals surface area contributed by atoms with Crippen LogP contribution >= 0.6 is 11.8 Å². The van der Waals surface area contributed by atoms with Gasteiger partial charge >= 0.3 is 0 Å². The van der Waals surface area contributed by atoms with E-state index in [0.29, 0.717) is 5.69 Å². The Labute approximate surface area is 161 Å². The maximum atomic E-state index is 12.6. The largest absolute Gasteiger partial charge is 0.324 e. The lowest BCUT2D eigenvalue weighted by atomic mass is 10.2. The van der Waals surface area contributed by atoms with E-state index in [1.807, 2.05) is 12.3 Å². The number of nitro groups is 1. The van der Waals surface area contributed by atoms with Gasteiger partial charge in [0.05, 0.1) is 16.9 Å². The molecule has 2 rings (SSSR count). The fourth-order valence-electron chi connectivity index (χ4n) is 2.50. The van der Waals surface area contributed by atoms with E-state index in [4.69, 9.17) is 0 Å². The summed E-state index contributed by atoms with van der Waals surface area (Å²) in [6.45, 7) is 1.42. The molecular weight excluding hydrogens is 390 g/mol. The summed E-state index contributed by atoms with van der Waals surface area (Å²) in [5.41, 5.74) is 0.319. The summed E-state index contributed by atoms with van der Waals surface area (Å²) >= 11 is 1.51. The lowest BCUT2D eigenvalue weighted by Crippen LogP contribution is -2.45. The van der Waals surface area contributed by atoms with E-state index in [1.165, 1.54) is 36.9 Å². The number of nitrogens with one attached hydrogen (secondary N) is 1. The predicted molar refractivity (Wildman–Crippen MR) is 107 cm³/mol. The van der Waals surface area contributed by atoms with Crippen LogP contribution in [0.3, 0.4) is 0 Å². The van der Waals surface area contributed by atoms with Gasteiger partial charge in [0.2, 0.25) is 15.9 Å². The van der Waals surface area contributed by atoms with E-state index in [0.717, 1.165) is 21.5 Å². The molecule has 2 aromatic rings. The highest BCUT2D eigenvalue weighted by molar-refractivity contribution is 7.98. The van der Waals surface area contributed by atoms with E-state index in [9.17, 15) is 23.3 Å². The molecule has 8 nitrogen and oxygen atoms in total. The predicted octanol–water partition coefficient (Wildman–Crippen LogP) is 3.11. The number of hydrogen-bond donors (Lipinski definition) is 1. The molecule has 1 amide bonds. The van der Waals surface area contributed by atoms with Crippen LogP contribution in [0.2, 0.25) is 0 Å². The van der Waals surface area contributed by atoms with Crippen LogP contribution < -0.4 is 9.62 Å². The Balaban J connectivity index is 2.34. The smallest absolute Gasteiger partial charge is 0.271 e. The van der Waals surface area contributed by atoms with Gasteiger partial charge in [-0.2, -0.15) is 0 Å². The first-order chi connectivity index (χ1) is 12.6. The zero-order valence-corrected chi connectivity index (χ0v) is 16.6. The SMILES string of the molecule is CSc1cccc(NC(=O)C(C)N(c2cccc([N+](=O)[O-])c2)S(C)(=O)=O)c1. The Bertz CT molecular complexity index is 963. The lowest BCUT2D eigenvalue weighted by Gasteiger charge is -2.28. The van der Waals surface area contributed by atoms with Gasteiger partial charge < -0.3 is 5.32 Å². The molecule has 10 heteroatoms. The molecular formula is C17H19N3O5S2. The van der Waals surface area contributed by atoms with E-state index in [1.54, 1.807) is 18.2 Å². The number of hydrogen-bond acceptors (Lipinski definition) is 6. The van der Waals surface area contributed by atoms with Crippen molar-refractivity contribution in [3.63, 3.8) is 0 Å². The first kappa shape index (κ1) is 20.7. The maximum Gasteiger partial charge on any atom is 0.271 e. The minimum absolute atomic E-state index is 0.0483. The number of nitrogens with zero attached hydrogens (tertiary/aromatic N) is 2. The second-order valence-corrected chi connectivity index (χ2v) is 8.47. The highest BCUT2D eigenvalue weighted by Gasteiger charge is 2.30. The van der Waals surface area contributed by atoms with Crippen molar-refractivity contribution >= 4 is 44.8 Å². The Morgan fingerprint density at radius 2 is 1.89 bits per heavy atom. The summed E-state index contributed by atoms with van der Waals surface area (Å²) in [5, 5.41) is 13.7. The average molecular weight is 409 g/mol. The zero-order chi connectivity index (χ0) is 20.2. The van der Waals surface area contributed by atoms with Crippen LogP contribution in [-0.2, 0) is 14.8 Å². The number of thioether (sulfide) groups is 1. The number of carbonyl (C=O) groups is 1. The lowest BCUT2D eigenvalue weighted by molar-refractivity contribution is -0.384. The average Bonchev–Trinajstić information content (AvgIpc) is 2.61. The van der Waals surface area contributed by atoms with Crippen LogP contribution in [0.15, 0.2) is 53.4 Å². The molecule has 0 radical (unpaired) electrons. The topological polar surface area (TPSA) is 110 Å². The van der Waals surface area contributed by atoms with Gasteiger partial charge in [-0.1, -0.05) is 12.1 Å². The van der Waals surface area contributed by atoms with Crippen LogP contribution in [-0.4, -0.2) is 37.8 Å². The number of benzene rings is 2. The first-order valence-electron chi connectivity index (χ1n) is 7.82. The van der Waals surface area contributed by atoms with Gasteiger partial charge in [-0.25, -0.2) is 8.42 Å². The minimum atomic E-state index is -3.86. The second kappa shape index (κ2) is 8.40. The summed E-state index contributed by atoms with van der Waals surface area (Å²) in [6, 6.07) is 11.2. The monoisotopic (exact) mass is 409 g/mol. The summed E-state index contributed by atoms with van der Waals surface area (Å²) in [4.78, 5) is 23.9. The third-order valence-corrected chi connectivity index (χ3v) is 5.69. The van der Waals surface area contributed by atoms with Crippen molar-refractivity contribution in [2.45, 2.75) is 17.9 Å². The van der Waals surface area contributed by atoms with Crippen molar-refractivity contribution in [1.29, 1.82) is 0 Å². The molecule has 1 N–H and O–H groups in total. The summed E-state index contributed by atoms with van der Waals surface area (Å²) in [7, 11) is -3.86. The molecule has 0 aliphatic rings. The summed E-state index contributed by atoms with van der Waals surface area (Å²) < 4.78 is 25.4. The molecule has 0 aliphatic heterocycles. The van der Waals surface area contributed by atoms with Crippen molar-refractivity contribution in [2.75, 3.05) is 22.1 Å². The first-order valence-corrected chi connectivity index (χ1v) is 10.9. The van der Waals surface area contributed by atoms with E-state index >= 15 is 0 Å². The van der Waals surface area contributed by atoms with Crippen molar-refractivity contribution in [1.82, 2.24) is 0 Å². The van der Waals surface area contributed by atoms with Crippen molar-refractivity contribution in [3.8, 4) is 0 Å². The highest BCUT2D eigenvalue weighted by Crippen LogP contribution is 2.26. The fourth-order valence-corrected chi connectivity index (χ4v) is 4.13. The van der Waals surface area contributed by atoms with Gasteiger partial charge in [0, 0.05) is 22.7 Å². The summed E-state index contributed by atoms with van der Waals surface area (Å²) in [6.07, 6.45) is 2.85. The number of non-ortho nitro benzene ring substituents is 1. The van der Waals surface area contributed by atoms with Crippen LogP contribution in [0.4, 0.5) is 17.1 Å². The van der Waals surface area contributed by atoms with E-state index in [-0.39, 0.29) is 11.4 Å². The van der Waals surface area contributed by atoms with Crippen LogP contribution in [0.5, 0.6) is 0 Å². The molecule has 1 unspecified atom stereocenters. The quantitative estimate of drug-likeness (QED) is 0.427. The Kier molecular flexibility index (Phi) is 6.45. The van der Waals surface area contributed by atoms with Gasteiger partial charge in [-0.05, 0) is 37.4 Å². The molecule has 0 bridgehead atoms. The van der Waals surface area contributed by atoms with Gasteiger partial charge in [0.15, 0.2) is 0 Å². The van der Waals surface area contributed by atoms with Crippen LogP contribution in [0.25, 0.3) is 0 Å². The van der Waals surface area contributed by atoms with Crippen LogP contribution in [0, 0.1) is 10.1 Å². The van der Waals surface area contributed by atoms with Gasteiger partial charge in [0.25, 0.3) is 5.69 Å². The number of anilines is 2. The minimum Gasteiger partial charge on any atom is -0.324 e. The number of nitro benzene ring substituents is 1. The van der Waals surface area contributed by atoms with Crippen LogP contribution in [0.1, 0.15) is 6.92 Å². The Morgan fingerprint density at radius 1 is 1.22 bits per heavy atom. The zero-order valence-electron chi connectivity index (χ0n) is 14.9. The number of sulfonamides is 1. The molecule has 0 heterocycles. The Morgan fingerprint density at radius 3 is 2.48 bits per heavy atom. The molecule has 0 saturated carbocycles. The molecule has 27 heavy (non-hydrogen) atoms. The molecule has 144 valence electrons. The maximum absolute atomic E-state index is 12.6. The molecule has 2 aromatic carbocycles. The number of rotatable bonds is 7. The standard InChI is InChI=1S/C17H19N3O5S2/c1-12(17(21)18-13-6-4-9-16(10-13)26-2)19(27(3,24)25)14-7-5-8-15(11-14)20(22)23/h4-12H,1-3H3,(H,18,21).